The van der Waals surface area contributed by atoms with Gasteiger partial charge >= 0.3 is 5.97 Å². The average molecular weight is 440 g/mol. The van der Waals surface area contributed by atoms with E-state index in [9.17, 15) is 4.79 Å². The van der Waals surface area contributed by atoms with Crippen LogP contribution in [0, 0.1) is 0 Å². The van der Waals surface area contributed by atoms with Crippen LogP contribution >= 0.6 is 0 Å². The Morgan fingerprint density at radius 3 is 2.53 bits per heavy atom. The van der Waals surface area contributed by atoms with Crippen LogP contribution in [0.2, 0.25) is 0 Å². The molecule has 2 aromatic rings. The first-order valence-electron chi connectivity index (χ1n) is 11.4. The minimum absolute atomic E-state index is 0.0403. The van der Waals surface area contributed by atoms with E-state index in [0.717, 1.165) is 36.6 Å². The number of carboxylic acid groups (broad SMARTS) is 1. The third-order valence-corrected chi connectivity index (χ3v) is 5.65. The van der Waals surface area contributed by atoms with E-state index in [1.165, 1.54) is 31.8 Å². The van der Waals surface area contributed by atoms with Crippen molar-refractivity contribution in [3.05, 3.63) is 43.0 Å². The third kappa shape index (κ3) is 4.51. The lowest BCUT2D eigenvalue weighted by Crippen LogP contribution is -2.47. The number of hydrogen-bond acceptors (Lipinski definition) is 5. The van der Waals surface area contributed by atoms with Crippen molar-refractivity contribution < 1.29 is 9.90 Å². The fraction of sp³-hybridized carbons (Fsp3) is 0.522. The summed E-state index contributed by atoms with van der Waals surface area (Å²) in [7, 11) is 0. The zero-order chi connectivity index (χ0) is 23.3. The SMILES string of the molecule is C=C(/N=C1\C(=C/C)n2cnnc2C(CC)N1C1CCCC1)n1cnc(C(=O)O)c1.CCC. The van der Waals surface area contributed by atoms with Crippen LogP contribution in [0.3, 0.4) is 0 Å². The fourth-order valence-corrected chi connectivity index (χ4v) is 4.30. The number of hydrogen-bond donors (Lipinski definition) is 1. The molecule has 172 valence electrons. The number of carbonyl (C=O) groups is 1. The predicted molar refractivity (Wildman–Crippen MR) is 125 cm³/mol. The highest BCUT2D eigenvalue weighted by Gasteiger charge is 2.39. The maximum Gasteiger partial charge on any atom is 0.356 e. The highest BCUT2D eigenvalue weighted by Crippen LogP contribution is 2.39. The summed E-state index contributed by atoms with van der Waals surface area (Å²) in [6.45, 7) is 12.4. The third-order valence-electron chi connectivity index (χ3n) is 5.65. The molecule has 0 bridgehead atoms. The molecular weight excluding hydrogens is 406 g/mol. The molecule has 0 aromatic carbocycles. The average Bonchev–Trinajstić information content (AvgIpc) is 3.54. The van der Waals surface area contributed by atoms with Crippen molar-refractivity contribution in [3.63, 3.8) is 0 Å². The van der Waals surface area contributed by atoms with Gasteiger partial charge in [-0.15, -0.1) is 10.2 Å². The largest absolute Gasteiger partial charge is 0.476 e. The molecule has 32 heavy (non-hydrogen) atoms. The molecule has 1 aliphatic heterocycles. The smallest absolute Gasteiger partial charge is 0.356 e. The summed E-state index contributed by atoms with van der Waals surface area (Å²) in [6, 6.07) is 0.456. The molecule has 1 unspecified atom stereocenters. The van der Waals surface area contributed by atoms with Gasteiger partial charge in [-0.05, 0) is 26.2 Å². The van der Waals surface area contributed by atoms with Crippen LogP contribution < -0.4 is 0 Å². The zero-order valence-electron chi connectivity index (χ0n) is 19.4. The van der Waals surface area contributed by atoms with Gasteiger partial charge in [-0.3, -0.25) is 9.13 Å². The van der Waals surface area contributed by atoms with Gasteiger partial charge < -0.3 is 10.0 Å². The number of aliphatic imine (C=N–C) groups is 1. The molecule has 2 aromatic heterocycles. The molecule has 9 heteroatoms. The first-order chi connectivity index (χ1) is 15.5. The van der Waals surface area contributed by atoms with Gasteiger partial charge in [-0.2, -0.15) is 0 Å². The monoisotopic (exact) mass is 439 g/mol. The number of aromatic nitrogens is 5. The summed E-state index contributed by atoms with van der Waals surface area (Å²) in [5.74, 6) is 1.07. The Labute approximate surface area is 189 Å². The second-order valence-corrected chi connectivity index (χ2v) is 8.03. The number of imidazole rings is 1. The van der Waals surface area contributed by atoms with Crippen LogP contribution in [0.15, 0.2) is 36.5 Å². The van der Waals surface area contributed by atoms with Crippen molar-refractivity contribution in [2.45, 2.75) is 78.3 Å². The molecule has 1 atom stereocenters. The van der Waals surface area contributed by atoms with Gasteiger partial charge in [0.25, 0.3) is 0 Å². The second-order valence-electron chi connectivity index (χ2n) is 8.03. The maximum atomic E-state index is 11.2. The molecule has 1 aliphatic carbocycles. The van der Waals surface area contributed by atoms with E-state index in [1.807, 2.05) is 17.6 Å². The highest BCUT2D eigenvalue weighted by atomic mass is 16.4. The van der Waals surface area contributed by atoms with Gasteiger partial charge in [0.2, 0.25) is 0 Å². The number of amidine groups is 1. The van der Waals surface area contributed by atoms with Crippen LogP contribution in [0.5, 0.6) is 0 Å². The van der Waals surface area contributed by atoms with Crippen molar-refractivity contribution in [1.82, 2.24) is 29.2 Å². The Balaban J connectivity index is 0.000000913. The summed E-state index contributed by atoms with van der Waals surface area (Å²) in [4.78, 5) is 22.3. The summed E-state index contributed by atoms with van der Waals surface area (Å²) < 4.78 is 3.53. The lowest BCUT2D eigenvalue weighted by Gasteiger charge is -2.42. The molecule has 1 N–H and O–H groups in total. The van der Waals surface area contributed by atoms with E-state index in [0.29, 0.717) is 11.9 Å². The fourth-order valence-electron chi connectivity index (χ4n) is 4.30. The Hall–Kier alpha value is -3.23. The molecule has 0 saturated heterocycles. The lowest BCUT2D eigenvalue weighted by molar-refractivity contribution is 0.0691. The standard InChI is InChI=1S/C20H25N7O2.C3H8/c1-4-16-18(23-13(3)25-10-15(20(28)29)21-11-25)27(14-8-6-7-9-14)17(5-2)19-24-22-12-26(16)19;1-3-2/h4,10-12,14,17H,3,5-9H2,1-2H3,(H,28,29);3H2,1-2H3/b16-4+,23-18+;. The summed E-state index contributed by atoms with van der Waals surface area (Å²) >= 11 is 0. The van der Waals surface area contributed by atoms with E-state index < -0.39 is 5.97 Å². The van der Waals surface area contributed by atoms with Gasteiger partial charge in [-0.25, -0.2) is 14.8 Å². The highest BCUT2D eigenvalue weighted by molar-refractivity contribution is 6.19. The number of aromatic carboxylic acids is 1. The zero-order valence-corrected chi connectivity index (χ0v) is 19.4. The molecular formula is C23H33N7O2. The van der Waals surface area contributed by atoms with E-state index in [2.05, 4.69) is 47.4 Å². The minimum atomic E-state index is -1.08. The molecule has 2 aliphatic rings. The Morgan fingerprint density at radius 1 is 1.28 bits per heavy atom. The summed E-state index contributed by atoms with van der Waals surface area (Å²) in [6.07, 6.45) is 13.3. The topological polar surface area (TPSA) is 101 Å². The molecule has 0 amide bonds. The summed E-state index contributed by atoms with van der Waals surface area (Å²) in [5.41, 5.74) is 0.864. The van der Waals surface area contributed by atoms with Crippen molar-refractivity contribution in [2.24, 2.45) is 4.99 Å². The van der Waals surface area contributed by atoms with E-state index in [1.54, 1.807) is 10.9 Å². The molecule has 1 saturated carbocycles. The van der Waals surface area contributed by atoms with Crippen LogP contribution in [0.25, 0.3) is 11.5 Å². The van der Waals surface area contributed by atoms with Crippen molar-refractivity contribution >= 4 is 23.3 Å². The Morgan fingerprint density at radius 2 is 1.97 bits per heavy atom. The number of allylic oxidation sites excluding steroid dienone is 1. The van der Waals surface area contributed by atoms with Gasteiger partial charge in [0.05, 0.1) is 11.7 Å². The van der Waals surface area contributed by atoms with E-state index in [-0.39, 0.29) is 11.7 Å². The van der Waals surface area contributed by atoms with Crippen LogP contribution in [-0.4, -0.2) is 52.2 Å². The van der Waals surface area contributed by atoms with Crippen molar-refractivity contribution in [3.8, 4) is 0 Å². The van der Waals surface area contributed by atoms with E-state index >= 15 is 0 Å². The van der Waals surface area contributed by atoms with Crippen molar-refractivity contribution in [2.75, 3.05) is 0 Å². The molecule has 0 spiro atoms. The first-order valence-corrected chi connectivity index (χ1v) is 11.4. The van der Waals surface area contributed by atoms with E-state index in [4.69, 9.17) is 10.1 Å². The van der Waals surface area contributed by atoms with Crippen LogP contribution in [0.1, 0.15) is 88.6 Å². The second kappa shape index (κ2) is 10.4. The Kier molecular flexibility index (Phi) is 7.61. The van der Waals surface area contributed by atoms with Crippen molar-refractivity contribution in [1.29, 1.82) is 0 Å². The molecule has 3 heterocycles. The molecule has 4 rings (SSSR count). The van der Waals surface area contributed by atoms with Crippen LogP contribution in [0.4, 0.5) is 0 Å². The summed E-state index contributed by atoms with van der Waals surface area (Å²) in [5, 5.41) is 17.7. The Bertz CT molecular complexity index is 1010. The number of nitrogens with zero attached hydrogens (tertiary/aromatic N) is 7. The van der Waals surface area contributed by atoms with Gasteiger partial charge in [-0.1, -0.05) is 52.7 Å². The quantitative estimate of drug-likeness (QED) is 0.725. The molecule has 1 fully saturated rings. The number of rotatable bonds is 5. The molecule has 0 radical (unpaired) electrons. The number of fused-ring (bicyclic) bond motifs is 1. The molecule has 9 nitrogen and oxygen atoms in total. The minimum Gasteiger partial charge on any atom is -0.476 e. The maximum absolute atomic E-state index is 11.2. The predicted octanol–water partition coefficient (Wildman–Crippen LogP) is 4.69. The normalized spacial score (nSPS) is 20.9. The van der Waals surface area contributed by atoms with Gasteiger partial charge in [0.1, 0.15) is 18.5 Å². The van der Waals surface area contributed by atoms with Crippen LogP contribution in [-0.2, 0) is 0 Å². The lowest BCUT2D eigenvalue weighted by atomic mass is 10.0. The van der Waals surface area contributed by atoms with Gasteiger partial charge in [0, 0.05) is 12.2 Å². The van der Waals surface area contributed by atoms with Gasteiger partial charge in [0.15, 0.2) is 17.4 Å². The first kappa shape index (κ1) is 23.4. The number of carboxylic acids is 1.